The number of benzene rings is 2. The Balaban J connectivity index is 1.46. The number of alkyl halides is 3. The lowest BCUT2D eigenvalue weighted by atomic mass is 9.88. The number of carbonyl (C=O) groups excluding carboxylic acids is 2. The summed E-state index contributed by atoms with van der Waals surface area (Å²) < 4.78 is 38.2. The summed E-state index contributed by atoms with van der Waals surface area (Å²) in [6, 6.07) is 13.9. The molecule has 2 aromatic carbocycles. The number of rotatable bonds is 4. The summed E-state index contributed by atoms with van der Waals surface area (Å²) in [5.41, 5.74) is -0.132. The molecule has 2 saturated heterocycles. The molecule has 2 heterocycles. The number of hydrogen-bond acceptors (Lipinski definition) is 3. The van der Waals surface area contributed by atoms with E-state index in [-0.39, 0.29) is 12.5 Å². The minimum absolute atomic E-state index is 0.0523. The van der Waals surface area contributed by atoms with Gasteiger partial charge >= 0.3 is 12.2 Å². The molecule has 1 N–H and O–H groups in total. The molecule has 4 rings (SSSR count). The molecule has 8 heteroatoms. The monoisotopic (exact) mass is 417 g/mol. The van der Waals surface area contributed by atoms with Crippen LogP contribution >= 0.6 is 0 Å². The van der Waals surface area contributed by atoms with E-state index in [0.717, 1.165) is 35.6 Å². The van der Waals surface area contributed by atoms with Crippen LogP contribution in [0.5, 0.6) is 0 Å². The Hall–Kier alpha value is -2.87. The minimum atomic E-state index is -4.42. The molecule has 3 amide bonds. The largest absolute Gasteiger partial charge is 0.416 e. The highest BCUT2D eigenvalue weighted by atomic mass is 19.4. The Morgan fingerprint density at radius 3 is 2.27 bits per heavy atom. The van der Waals surface area contributed by atoms with Gasteiger partial charge in [0, 0.05) is 13.1 Å². The van der Waals surface area contributed by atoms with Crippen molar-refractivity contribution in [1.82, 2.24) is 15.1 Å². The van der Waals surface area contributed by atoms with Crippen molar-refractivity contribution in [2.75, 3.05) is 13.1 Å². The third-order valence-electron chi connectivity index (χ3n) is 5.69. The maximum absolute atomic E-state index is 13.2. The first kappa shape index (κ1) is 20.4. The number of nitrogens with one attached hydrogen (secondary N) is 1. The van der Waals surface area contributed by atoms with Gasteiger partial charge in [0.05, 0.1) is 12.1 Å². The van der Waals surface area contributed by atoms with Crippen LogP contribution in [0.25, 0.3) is 0 Å². The van der Waals surface area contributed by atoms with Gasteiger partial charge in [0.2, 0.25) is 0 Å². The molecule has 2 aliphatic rings. The highest BCUT2D eigenvalue weighted by Crippen LogP contribution is 2.32. The maximum atomic E-state index is 13.2. The normalized spacial score (nSPS) is 22.6. The first-order valence-electron chi connectivity index (χ1n) is 9.83. The molecule has 158 valence electrons. The van der Waals surface area contributed by atoms with Crippen LogP contribution in [0.1, 0.15) is 29.5 Å². The van der Waals surface area contributed by atoms with E-state index in [9.17, 15) is 22.8 Å². The van der Waals surface area contributed by atoms with Crippen molar-refractivity contribution in [3.8, 4) is 0 Å². The summed E-state index contributed by atoms with van der Waals surface area (Å²) in [6.07, 6.45) is -3.10. The molecular weight excluding hydrogens is 395 g/mol. The van der Waals surface area contributed by atoms with E-state index in [1.807, 2.05) is 30.3 Å². The lowest BCUT2D eigenvalue weighted by Crippen LogP contribution is -2.58. The number of likely N-dealkylation sites (tertiary alicyclic amines) is 1. The van der Waals surface area contributed by atoms with Gasteiger partial charge in [-0.05, 0) is 42.6 Å². The van der Waals surface area contributed by atoms with Crippen molar-refractivity contribution < 1.29 is 22.8 Å². The van der Waals surface area contributed by atoms with Crippen molar-refractivity contribution in [3.63, 3.8) is 0 Å². The SMILES string of the molecule is O=C1NC2(CCCN(Cc3ccccc3)C2)C(=O)N1Cc1ccc(C(F)(F)F)cc1. The Morgan fingerprint density at radius 2 is 1.60 bits per heavy atom. The molecule has 2 aromatic rings. The maximum Gasteiger partial charge on any atom is 0.416 e. The third kappa shape index (κ3) is 4.05. The molecule has 0 bridgehead atoms. The predicted molar refractivity (Wildman–Crippen MR) is 104 cm³/mol. The van der Waals surface area contributed by atoms with Crippen LogP contribution in [0.4, 0.5) is 18.0 Å². The van der Waals surface area contributed by atoms with Crippen molar-refractivity contribution in [2.24, 2.45) is 0 Å². The summed E-state index contributed by atoms with van der Waals surface area (Å²) in [6.45, 7) is 1.88. The first-order chi connectivity index (χ1) is 14.3. The van der Waals surface area contributed by atoms with Gasteiger partial charge in [0.15, 0.2) is 0 Å². The number of halogens is 3. The molecule has 2 aliphatic heterocycles. The van der Waals surface area contributed by atoms with Gasteiger partial charge in [-0.2, -0.15) is 13.2 Å². The van der Waals surface area contributed by atoms with Crippen LogP contribution < -0.4 is 5.32 Å². The second-order valence-electron chi connectivity index (χ2n) is 7.90. The zero-order valence-electron chi connectivity index (χ0n) is 16.3. The van der Waals surface area contributed by atoms with Crippen molar-refractivity contribution in [2.45, 2.75) is 37.6 Å². The molecular formula is C22H22F3N3O2. The van der Waals surface area contributed by atoms with Crippen LogP contribution in [0.15, 0.2) is 54.6 Å². The zero-order chi connectivity index (χ0) is 21.4. The van der Waals surface area contributed by atoms with E-state index in [4.69, 9.17) is 0 Å². The van der Waals surface area contributed by atoms with Crippen molar-refractivity contribution in [3.05, 3.63) is 71.3 Å². The lowest BCUT2D eigenvalue weighted by Gasteiger charge is -2.38. The number of urea groups is 1. The van der Waals surface area contributed by atoms with Crippen LogP contribution in [-0.4, -0.2) is 40.4 Å². The quantitative estimate of drug-likeness (QED) is 0.771. The second kappa shape index (κ2) is 7.75. The van der Waals surface area contributed by atoms with Crippen molar-refractivity contribution in [1.29, 1.82) is 0 Å². The molecule has 0 radical (unpaired) electrons. The average molecular weight is 417 g/mol. The van der Waals surface area contributed by atoms with Gasteiger partial charge < -0.3 is 5.32 Å². The topological polar surface area (TPSA) is 52.7 Å². The zero-order valence-corrected chi connectivity index (χ0v) is 16.3. The van der Waals surface area contributed by atoms with E-state index in [0.29, 0.717) is 25.1 Å². The smallest absolute Gasteiger partial charge is 0.322 e. The summed E-state index contributed by atoms with van der Waals surface area (Å²) in [4.78, 5) is 29.0. The van der Waals surface area contributed by atoms with E-state index in [2.05, 4.69) is 10.2 Å². The Morgan fingerprint density at radius 1 is 0.933 bits per heavy atom. The van der Waals surface area contributed by atoms with E-state index in [1.54, 1.807) is 0 Å². The predicted octanol–water partition coefficient (Wildman–Crippen LogP) is 3.79. The molecule has 0 aromatic heterocycles. The summed E-state index contributed by atoms with van der Waals surface area (Å²) in [7, 11) is 0. The standard InChI is InChI=1S/C22H22F3N3O2/c23-22(24,25)18-9-7-17(8-10-18)14-28-19(29)21(26-20(28)30)11-4-12-27(15-21)13-16-5-2-1-3-6-16/h1-3,5-10H,4,11-15H2,(H,26,30). The van der Waals surface area contributed by atoms with Crippen LogP contribution in [0.2, 0.25) is 0 Å². The van der Waals surface area contributed by atoms with Gasteiger partial charge in [0.25, 0.3) is 5.91 Å². The van der Waals surface area contributed by atoms with Crippen LogP contribution in [-0.2, 0) is 24.1 Å². The van der Waals surface area contributed by atoms with Crippen LogP contribution in [0.3, 0.4) is 0 Å². The Labute approximate surface area is 172 Å². The third-order valence-corrected chi connectivity index (χ3v) is 5.69. The fourth-order valence-corrected chi connectivity index (χ4v) is 4.20. The first-order valence-corrected chi connectivity index (χ1v) is 9.83. The fraction of sp³-hybridized carbons (Fsp3) is 0.364. The molecule has 2 fully saturated rings. The summed E-state index contributed by atoms with van der Waals surface area (Å²) in [5.74, 6) is -0.315. The lowest BCUT2D eigenvalue weighted by molar-refractivity contribution is -0.137. The molecule has 1 atom stereocenters. The number of nitrogens with zero attached hydrogens (tertiary/aromatic N) is 2. The van der Waals surface area contributed by atoms with E-state index < -0.39 is 23.3 Å². The second-order valence-corrected chi connectivity index (χ2v) is 7.90. The van der Waals surface area contributed by atoms with E-state index >= 15 is 0 Å². The van der Waals surface area contributed by atoms with Gasteiger partial charge in [-0.3, -0.25) is 14.6 Å². The minimum Gasteiger partial charge on any atom is -0.322 e. The molecule has 0 aliphatic carbocycles. The number of piperidine rings is 1. The molecule has 0 saturated carbocycles. The molecule has 1 spiro atoms. The highest BCUT2D eigenvalue weighted by molar-refractivity contribution is 6.07. The van der Waals surface area contributed by atoms with Crippen molar-refractivity contribution >= 4 is 11.9 Å². The Kier molecular flexibility index (Phi) is 5.27. The van der Waals surface area contributed by atoms with Gasteiger partial charge in [-0.1, -0.05) is 42.5 Å². The number of carbonyl (C=O) groups is 2. The highest BCUT2D eigenvalue weighted by Gasteiger charge is 2.52. The van der Waals surface area contributed by atoms with Crippen LogP contribution in [0, 0.1) is 0 Å². The Bertz CT molecular complexity index is 931. The number of amides is 3. The van der Waals surface area contributed by atoms with Gasteiger partial charge in [-0.15, -0.1) is 0 Å². The number of hydrogen-bond donors (Lipinski definition) is 1. The molecule has 30 heavy (non-hydrogen) atoms. The van der Waals surface area contributed by atoms with Gasteiger partial charge in [-0.25, -0.2) is 4.79 Å². The summed E-state index contributed by atoms with van der Waals surface area (Å²) >= 11 is 0. The van der Waals surface area contributed by atoms with E-state index in [1.165, 1.54) is 12.1 Å². The average Bonchev–Trinajstić information content (AvgIpc) is 2.92. The van der Waals surface area contributed by atoms with Gasteiger partial charge in [0.1, 0.15) is 5.54 Å². The number of imide groups is 1. The molecule has 5 nitrogen and oxygen atoms in total. The summed E-state index contributed by atoms with van der Waals surface area (Å²) in [5, 5.41) is 2.86. The molecule has 1 unspecified atom stereocenters. The fourth-order valence-electron chi connectivity index (χ4n) is 4.20.